The van der Waals surface area contributed by atoms with Crippen molar-refractivity contribution in [3.63, 3.8) is 0 Å². The predicted molar refractivity (Wildman–Crippen MR) is 39.7 cm³/mol. The largest absolute Gasteiger partial charge is 0.364 e. The summed E-state index contributed by atoms with van der Waals surface area (Å²) in [5, 5.41) is 2.70. The zero-order chi connectivity index (χ0) is 8.27. The van der Waals surface area contributed by atoms with E-state index in [0.29, 0.717) is 20.1 Å². The van der Waals surface area contributed by atoms with Crippen LogP contribution in [0.4, 0.5) is 4.79 Å². The van der Waals surface area contributed by atoms with Crippen LogP contribution in [-0.4, -0.2) is 50.1 Å². The van der Waals surface area contributed by atoms with E-state index in [9.17, 15) is 4.79 Å². The fourth-order valence-electron chi connectivity index (χ4n) is 0.975. The van der Waals surface area contributed by atoms with E-state index >= 15 is 0 Å². The quantitative estimate of drug-likeness (QED) is 0.588. The summed E-state index contributed by atoms with van der Waals surface area (Å²) in [5.41, 5.74) is 0. The van der Waals surface area contributed by atoms with Crippen LogP contribution in [0, 0.1) is 0 Å². The van der Waals surface area contributed by atoms with Gasteiger partial charge in [0.25, 0.3) is 0 Å². The maximum absolute atomic E-state index is 11.0. The van der Waals surface area contributed by atoms with Gasteiger partial charge < -0.3 is 10.1 Å². The van der Waals surface area contributed by atoms with Crippen LogP contribution < -0.4 is 5.32 Å². The average Bonchev–Trinajstić information content (AvgIpc) is 1.98. The van der Waals surface area contributed by atoms with E-state index in [1.165, 1.54) is 0 Å². The lowest BCUT2D eigenvalue weighted by atomic mass is 10.6. The van der Waals surface area contributed by atoms with Crippen molar-refractivity contribution in [3.8, 4) is 0 Å². The van der Waals surface area contributed by atoms with Crippen molar-refractivity contribution in [2.45, 2.75) is 0 Å². The first-order valence-electron chi connectivity index (χ1n) is 3.44. The second kappa shape index (κ2) is 3.54. The van der Waals surface area contributed by atoms with Crippen LogP contribution in [0.15, 0.2) is 0 Å². The van der Waals surface area contributed by atoms with Crippen LogP contribution in [0.5, 0.6) is 0 Å². The van der Waals surface area contributed by atoms with Crippen LogP contribution in [0.1, 0.15) is 0 Å². The number of rotatable bonds is 2. The van der Waals surface area contributed by atoms with E-state index < -0.39 is 0 Å². The first kappa shape index (κ1) is 8.29. The molecule has 1 fully saturated rings. The Kier molecular flexibility index (Phi) is 2.67. The average molecular weight is 159 g/mol. The Morgan fingerprint density at radius 2 is 2.45 bits per heavy atom. The number of hydrogen-bond donors (Lipinski definition) is 1. The monoisotopic (exact) mass is 159 g/mol. The fraction of sp³-hybridized carbons (Fsp3) is 0.833. The molecule has 0 unspecified atom stereocenters. The van der Waals surface area contributed by atoms with Gasteiger partial charge >= 0.3 is 6.03 Å². The van der Waals surface area contributed by atoms with Crippen molar-refractivity contribution in [3.05, 3.63) is 0 Å². The number of urea groups is 1. The first-order valence-corrected chi connectivity index (χ1v) is 3.44. The SMILES string of the molecule is COCN1CN(C)CNC1=O. The van der Waals surface area contributed by atoms with Gasteiger partial charge in [-0.1, -0.05) is 0 Å². The van der Waals surface area contributed by atoms with Crippen LogP contribution in [0.2, 0.25) is 0 Å². The Morgan fingerprint density at radius 3 is 3.09 bits per heavy atom. The number of carbonyl (C=O) groups is 1. The van der Waals surface area contributed by atoms with Crippen molar-refractivity contribution >= 4 is 6.03 Å². The van der Waals surface area contributed by atoms with Gasteiger partial charge in [-0.05, 0) is 7.05 Å². The molecule has 0 aliphatic carbocycles. The lowest BCUT2D eigenvalue weighted by Crippen LogP contribution is -2.55. The van der Waals surface area contributed by atoms with E-state index in [4.69, 9.17) is 4.74 Å². The Hall–Kier alpha value is -0.810. The summed E-state index contributed by atoms with van der Waals surface area (Å²) in [4.78, 5) is 14.6. The van der Waals surface area contributed by atoms with E-state index in [2.05, 4.69) is 5.32 Å². The molecule has 0 radical (unpaired) electrons. The number of nitrogens with one attached hydrogen (secondary N) is 1. The summed E-state index contributed by atoms with van der Waals surface area (Å²) in [6, 6.07) is -0.0649. The summed E-state index contributed by atoms with van der Waals surface area (Å²) in [5.74, 6) is 0. The Morgan fingerprint density at radius 1 is 1.73 bits per heavy atom. The van der Waals surface area contributed by atoms with Gasteiger partial charge in [-0.3, -0.25) is 9.80 Å². The van der Waals surface area contributed by atoms with Gasteiger partial charge in [0.2, 0.25) is 0 Å². The van der Waals surface area contributed by atoms with E-state index in [1.54, 1.807) is 12.0 Å². The second-order valence-electron chi connectivity index (χ2n) is 2.60. The molecule has 0 atom stereocenters. The third-order valence-corrected chi connectivity index (χ3v) is 1.48. The number of amides is 2. The Bertz CT molecular complexity index is 151. The highest BCUT2D eigenvalue weighted by Crippen LogP contribution is 1.97. The maximum Gasteiger partial charge on any atom is 0.321 e. The van der Waals surface area contributed by atoms with Crippen molar-refractivity contribution in [2.75, 3.05) is 34.2 Å². The number of hydrogen-bond acceptors (Lipinski definition) is 3. The van der Waals surface area contributed by atoms with E-state index in [0.717, 1.165) is 0 Å². The highest BCUT2D eigenvalue weighted by molar-refractivity contribution is 5.74. The molecule has 0 aromatic heterocycles. The molecule has 0 aromatic carbocycles. The maximum atomic E-state index is 11.0. The zero-order valence-corrected chi connectivity index (χ0v) is 6.83. The summed E-state index contributed by atoms with van der Waals surface area (Å²) in [7, 11) is 3.50. The molecule has 2 amide bonds. The molecule has 64 valence electrons. The zero-order valence-electron chi connectivity index (χ0n) is 6.83. The minimum absolute atomic E-state index is 0.0649. The second-order valence-corrected chi connectivity index (χ2v) is 2.60. The Labute approximate surface area is 65.9 Å². The lowest BCUT2D eigenvalue weighted by Gasteiger charge is -2.32. The molecule has 0 saturated carbocycles. The first-order chi connectivity index (χ1) is 5.24. The molecule has 11 heavy (non-hydrogen) atoms. The molecule has 1 aliphatic heterocycles. The molecule has 1 N–H and O–H groups in total. The van der Waals surface area contributed by atoms with Gasteiger partial charge in [-0.15, -0.1) is 0 Å². The molecular weight excluding hydrogens is 146 g/mol. The van der Waals surface area contributed by atoms with Crippen LogP contribution in [0.25, 0.3) is 0 Å². The predicted octanol–water partition coefficient (Wildman–Crippen LogP) is -0.538. The standard InChI is InChI=1S/C6H13N3O2/c1-8-3-7-6(10)9(4-8)5-11-2/h3-5H2,1-2H3,(H,7,10). The van der Waals surface area contributed by atoms with E-state index in [-0.39, 0.29) is 6.03 Å². The summed E-state index contributed by atoms with van der Waals surface area (Å²) < 4.78 is 4.84. The number of methoxy groups -OCH3 is 1. The molecule has 0 aromatic rings. The topological polar surface area (TPSA) is 44.8 Å². The van der Waals surface area contributed by atoms with Crippen molar-refractivity contribution in [1.82, 2.24) is 15.1 Å². The number of carbonyl (C=O) groups excluding carboxylic acids is 1. The van der Waals surface area contributed by atoms with Crippen molar-refractivity contribution in [1.29, 1.82) is 0 Å². The van der Waals surface area contributed by atoms with Crippen LogP contribution in [0.3, 0.4) is 0 Å². The summed E-state index contributed by atoms with van der Waals surface area (Å²) in [6.45, 7) is 1.58. The van der Waals surface area contributed by atoms with Gasteiger partial charge in [-0.2, -0.15) is 0 Å². The minimum atomic E-state index is -0.0649. The lowest BCUT2D eigenvalue weighted by molar-refractivity contribution is 0.0340. The molecule has 1 rings (SSSR count). The van der Waals surface area contributed by atoms with Crippen molar-refractivity contribution < 1.29 is 9.53 Å². The van der Waals surface area contributed by atoms with E-state index in [1.807, 2.05) is 11.9 Å². The fourth-order valence-corrected chi connectivity index (χ4v) is 0.975. The molecule has 1 heterocycles. The van der Waals surface area contributed by atoms with Gasteiger partial charge in [0, 0.05) is 7.11 Å². The molecule has 5 nitrogen and oxygen atoms in total. The third-order valence-electron chi connectivity index (χ3n) is 1.48. The van der Waals surface area contributed by atoms with Gasteiger partial charge in [0.15, 0.2) is 0 Å². The van der Waals surface area contributed by atoms with Gasteiger partial charge in [-0.25, -0.2) is 4.79 Å². The number of ether oxygens (including phenoxy) is 1. The normalized spacial score (nSPS) is 20.2. The molecular formula is C6H13N3O2. The Balaban J connectivity index is 2.40. The van der Waals surface area contributed by atoms with Crippen LogP contribution >= 0.6 is 0 Å². The summed E-state index contributed by atoms with van der Waals surface area (Å²) >= 11 is 0. The van der Waals surface area contributed by atoms with Gasteiger partial charge in [0.1, 0.15) is 6.73 Å². The molecule has 0 bridgehead atoms. The van der Waals surface area contributed by atoms with Gasteiger partial charge in [0.05, 0.1) is 13.3 Å². The highest BCUT2D eigenvalue weighted by Gasteiger charge is 2.19. The highest BCUT2D eigenvalue weighted by atomic mass is 16.5. The van der Waals surface area contributed by atoms with Crippen molar-refractivity contribution in [2.24, 2.45) is 0 Å². The summed E-state index contributed by atoms with van der Waals surface area (Å²) in [6.07, 6.45) is 0. The van der Waals surface area contributed by atoms with Crippen LogP contribution in [-0.2, 0) is 4.74 Å². The smallest absolute Gasteiger partial charge is 0.321 e. The minimum Gasteiger partial charge on any atom is -0.364 e. The molecule has 5 heteroatoms. The number of nitrogens with zero attached hydrogens (tertiary/aromatic N) is 2. The molecule has 1 aliphatic rings. The third kappa shape index (κ3) is 2.06. The molecule has 0 spiro atoms. The molecule has 1 saturated heterocycles.